The highest BCUT2D eigenvalue weighted by atomic mass is 16.5. The van der Waals surface area contributed by atoms with Crippen LogP contribution in [0.15, 0.2) is 0 Å². The van der Waals surface area contributed by atoms with Crippen molar-refractivity contribution < 1.29 is 14.3 Å². The zero-order chi connectivity index (χ0) is 13.7. The van der Waals surface area contributed by atoms with E-state index >= 15 is 0 Å². The van der Waals surface area contributed by atoms with Crippen LogP contribution >= 0.6 is 0 Å². The number of carbonyl (C=O) groups is 1. The molecule has 2 aliphatic heterocycles. The lowest BCUT2D eigenvalue weighted by molar-refractivity contribution is -0.149. The van der Waals surface area contributed by atoms with Crippen molar-refractivity contribution in [2.24, 2.45) is 0 Å². The van der Waals surface area contributed by atoms with E-state index in [1.54, 1.807) is 0 Å². The first-order valence-corrected chi connectivity index (χ1v) is 7.39. The van der Waals surface area contributed by atoms with Crippen molar-refractivity contribution in [1.82, 2.24) is 9.80 Å². The topological polar surface area (TPSA) is 42.0 Å². The molecule has 5 heteroatoms. The van der Waals surface area contributed by atoms with Gasteiger partial charge in [0, 0.05) is 39.3 Å². The Morgan fingerprint density at radius 3 is 2.53 bits per heavy atom. The van der Waals surface area contributed by atoms with Crippen molar-refractivity contribution in [2.75, 3.05) is 45.9 Å². The molecule has 1 atom stereocenters. The van der Waals surface area contributed by atoms with Crippen LogP contribution in [-0.2, 0) is 14.3 Å². The molecule has 2 rings (SSSR count). The number of rotatable bonds is 5. The van der Waals surface area contributed by atoms with Crippen molar-refractivity contribution in [3.8, 4) is 0 Å². The average Bonchev–Trinajstić information content (AvgIpc) is 2.83. The maximum absolute atomic E-state index is 11.6. The second-order valence-corrected chi connectivity index (χ2v) is 5.75. The van der Waals surface area contributed by atoms with Gasteiger partial charge in [0.15, 0.2) is 0 Å². The van der Waals surface area contributed by atoms with Crippen LogP contribution in [0.1, 0.15) is 26.7 Å². The zero-order valence-corrected chi connectivity index (χ0v) is 12.1. The third kappa shape index (κ3) is 5.09. The Morgan fingerprint density at radius 1 is 1.26 bits per heavy atom. The van der Waals surface area contributed by atoms with Crippen molar-refractivity contribution >= 4 is 5.97 Å². The van der Waals surface area contributed by atoms with Gasteiger partial charge in [0.05, 0.1) is 18.8 Å². The molecule has 0 bridgehead atoms. The molecule has 0 aliphatic carbocycles. The van der Waals surface area contributed by atoms with E-state index < -0.39 is 0 Å². The fourth-order valence-corrected chi connectivity index (χ4v) is 2.69. The van der Waals surface area contributed by atoms with Gasteiger partial charge < -0.3 is 9.47 Å². The molecule has 2 heterocycles. The van der Waals surface area contributed by atoms with Crippen LogP contribution < -0.4 is 0 Å². The second kappa shape index (κ2) is 7.22. The summed E-state index contributed by atoms with van der Waals surface area (Å²) in [6.07, 6.45) is 2.80. The molecule has 1 unspecified atom stereocenters. The maximum atomic E-state index is 11.6. The molecule has 0 amide bonds. The summed E-state index contributed by atoms with van der Waals surface area (Å²) >= 11 is 0. The van der Waals surface area contributed by atoms with Gasteiger partial charge in [-0.2, -0.15) is 0 Å². The van der Waals surface area contributed by atoms with Crippen molar-refractivity contribution in [2.45, 2.75) is 38.9 Å². The molecule has 0 aromatic carbocycles. The summed E-state index contributed by atoms with van der Waals surface area (Å²) < 4.78 is 10.8. The van der Waals surface area contributed by atoms with E-state index in [4.69, 9.17) is 9.47 Å². The third-order valence-electron chi connectivity index (χ3n) is 3.67. The normalized spacial score (nSPS) is 25.9. The molecule has 19 heavy (non-hydrogen) atoms. The fourth-order valence-electron chi connectivity index (χ4n) is 2.69. The molecule has 2 fully saturated rings. The van der Waals surface area contributed by atoms with E-state index in [1.807, 2.05) is 13.8 Å². The Balaban J connectivity index is 1.63. The van der Waals surface area contributed by atoms with Crippen LogP contribution in [0, 0.1) is 0 Å². The Hall–Kier alpha value is -0.650. The quantitative estimate of drug-likeness (QED) is 0.689. The smallest absolute Gasteiger partial charge is 0.320 e. The van der Waals surface area contributed by atoms with Crippen LogP contribution in [-0.4, -0.2) is 73.9 Å². The molecule has 0 aromatic rings. The van der Waals surface area contributed by atoms with E-state index in [2.05, 4.69) is 9.80 Å². The molecular weight excluding hydrogens is 244 g/mol. The highest BCUT2D eigenvalue weighted by Crippen LogP contribution is 2.14. The standard InChI is InChI=1S/C14H26N2O3/c1-12(2)19-14(17)11-16-7-5-15(6-8-16)10-13-4-3-9-18-13/h12-13H,3-11H2,1-2H3. The fraction of sp³-hybridized carbons (Fsp3) is 0.929. The SMILES string of the molecule is CC(C)OC(=O)CN1CCN(CC2CCCO2)CC1. The van der Waals surface area contributed by atoms with Gasteiger partial charge >= 0.3 is 5.97 Å². The highest BCUT2D eigenvalue weighted by molar-refractivity contribution is 5.71. The van der Waals surface area contributed by atoms with Crippen LogP contribution in [0.2, 0.25) is 0 Å². The van der Waals surface area contributed by atoms with Gasteiger partial charge in [-0.15, -0.1) is 0 Å². The van der Waals surface area contributed by atoms with E-state index in [0.717, 1.165) is 39.3 Å². The number of piperazine rings is 1. The average molecular weight is 270 g/mol. The molecule has 0 spiro atoms. The van der Waals surface area contributed by atoms with Crippen LogP contribution in [0.3, 0.4) is 0 Å². The van der Waals surface area contributed by atoms with Gasteiger partial charge in [-0.1, -0.05) is 0 Å². The maximum Gasteiger partial charge on any atom is 0.320 e. The molecular formula is C14H26N2O3. The Labute approximate surface area is 115 Å². The number of esters is 1. The molecule has 0 aromatic heterocycles. The van der Waals surface area contributed by atoms with E-state index in [0.29, 0.717) is 12.6 Å². The van der Waals surface area contributed by atoms with E-state index in [9.17, 15) is 4.79 Å². The Bertz CT molecular complexity index is 282. The predicted molar refractivity (Wildman–Crippen MR) is 73.1 cm³/mol. The first-order valence-electron chi connectivity index (χ1n) is 7.39. The summed E-state index contributed by atoms with van der Waals surface area (Å²) in [6.45, 7) is 10.1. The lowest BCUT2D eigenvalue weighted by atomic mass is 10.2. The minimum Gasteiger partial charge on any atom is -0.462 e. The molecule has 2 saturated heterocycles. The lowest BCUT2D eigenvalue weighted by Crippen LogP contribution is -2.49. The zero-order valence-electron chi connectivity index (χ0n) is 12.1. The van der Waals surface area contributed by atoms with Gasteiger partial charge in [-0.25, -0.2) is 0 Å². The number of carbonyl (C=O) groups excluding carboxylic acids is 1. The monoisotopic (exact) mass is 270 g/mol. The Morgan fingerprint density at radius 2 is 1.95 bits per heavy atom. The molecule has 5 nitrogen and oxygen atoms in total. The van der Waals surface area contributed by atoms with Crippen LogP contribution in [0.5, 0.6) is 0 Å². The van der Waals surface area contributed by atoms with Crippen molar-refractivity contribution in [3.05, 3.63) is 0 Å². The first-order chi connectivity index (χ1) is 9.13. The van der Waals surface area contributed by atoms with Crippen molar-refractivity contribution in [1.29, 1.82) is 0 Å². The number of hydrogen-bond acceptors (Lipinski definition) is 5. The highest BCUT2D eigenvalue weighted by Gasteiger charge is 2.23. The molecule has 0 saturated carbocycles. The largest absolute Gasteiger partial charge is 0.462 e. The van der Waals surface area contributed by atoms with Gasteiger partial charge in [0.1, 0.15) is 0 Å². The summed E-state index contributed by atoms with van der Waals surface area (Å²) in [6, 6.07) is 0. The summed E-state index contributed by atoms with van der Waals surface area (Å²) in [7, 11) is 0. The van der Waals surface area contributed by atoms with Gasteiger partial charge in [-0.3, -0.25) is 14.6 Å². The second-order valence-electron chi connectivity index (χ2n) is 5.75. The lowest BCUT2D eigenvalue weighted by Gasteiger charge is -2.35. The first kappa shape index (κ1) is 14.8. The van der Waals surface area contributed by atoms with Gasteiger partial charge in [0.2, 0.25) is 0 Å². The number of nitrogens with zero attached hydrogens (tertiary/aromatic N) is 2. The van der Waals surface area contributed by atoms with E-state index in [-0.39, 0.29) is 12.1 Å². The Kier molecular flexibility index (Phi) is 5.60. The summed E-state index contributed by atoms with van der Waals surface area (Å²) in [5, 5.41) is 0. The van der Waals surface area contributed by atoms with Gasteiger partial charge in [0.25, 0.3) is 0 Å². The molecule has 110 valence electrons. The summed E-state index contributed by atoms with van der Waals surface area (Å²) in [5.41, 5.74) is 0. The van der Waals surface area contributed by atoms with Crippen molar-refractivity contribution in [3.63, 3.8) is 0 Å². The van der Waals surface area contributed by atoms with Gasteiger partial charge in [-0.05, 0) is 26.7 Å². The van der Waals surface area contributed by atoms with E-state index in [1.165, 1.54) is 12.8 Å². The number of ether oxygens (including phenoxy) is 2. The minimum absolute atomic E-state index is 0.0201. The van der Waals surface area contributed by atoms with Crippen LogP contribution in [0.4, 0.5) is 0 Å². The van der Waals surface area contributed by atoms with Crippen LogP contribution in [0.25, 0.3) is 0 Å². The molecule has 0 radical (unpaired) electrons. The summed E-state index contributed by atoms with van der Waals surface area (Å²) in [5.74, 6) is -0.109. The predicted octanol–water partition coefficient (Wildman–Crippen LogP) is 0.735. The summed E-state index contributed by atoms with van der Waals surface area (Å²) in [4.78, 5) is 16.2. The molecule has 0 N–H and O–H groups in total. The third-order valence-corrected chi connectivity index (χ3v) is 3.67. The molecule has 2 aliphatic rings. The number of hydrogen-bond donors (Lipinski definition) is 0. The minimum atomic E-state index is -0.109.